The highest BCUT2D eigenvalue weighted by Crippen LogP contribution is 2.16. The number of hydrogen-bond donors (Lipinski definition) is 0. The van der Waals surface area contributed by atoms with Crippen LogP contribution in [-0.2, 0) is 9.47 Å². The molecule has 18 heavy (non-hydrogen) atoms. The zero-order chi connectivity index (χ0) is 12.9. The van der Waals surface area contributed by atoms with Crippen molar-refractivity contribution >= 4 is 0 Å². The minimum Gasteiger partial charge on any atom is -0.381 e. The van der Waals surface area contributed by atoms with Gasteiger partial charge in [0.25, 0.3) is 0 Å². The highest BCUT2D eigenvalue weighted by Gasteiger charge is 2.12. The average Bonchev–Trinajstić information content (AvgIpc) is 2.42. The Morgan fingerprint density at radius 3 is 2.67 bits per heavy atom. The molecule has 0 radical (unpaired) electrons. The molecule has 0 aliphatic carbocycles. The van der Waals surface area contributed by atoms with Crippen molar-refractivity contribution in [1.29, 1.82) is 5.26 Å². The van der Waals surface area contributed by atoms with Gasteiger partial charge in [0.05, 0.1) is 12.2 Å². The van der Waals surface area contributed by atoms with Gasteiger partial charge in [-0.2, -0.15) is 5.26 Å². The summed E-state index contributed by atoms with van der Waals surface area (Å²) in [5.74, 6) is 0. The van der Waals surface area contributed by atoms with Crippen LogP contribution in [0.15, 0.2) is 0 Å². The quantitative estimate of drug-likeness (QED) is 0.556. The molecule has 3 heteroatoms. The van der Waals surface area contributed by atoms with Gasteiger partial charge in [-0.1, -0.05) is 12.8 Å². The van der Waals surface area contributed by atoms with Gasteiger partial charge in [0.2, 0.25) is 0 Å². The molecule has 104 valence electrons. The summed E-state index contributed by atoms with van der Waals surface area (Å²) >= 11 is 0. The summed E-state index contributed by atoms with van der Waals surface area (Å²) in [5, 5.41) is 8.39. The molecule has 0 aromatic carbocycles. The van der Waals surface area contributed by atoms with Crippen molar-refractivity contribution in [3.8, 4) is 6.07 Å². The first kappa shape index (κ1) is 15.5. The van der Waals surface area contributed by atoms with E-state index in [4.69, 9.17) is 14.7 Å². The normalized spacial score (nSPS) is 19.6. The Balaban J connectivity index is 1.74. The molecular weight excluding hydrogens is 226 g/mol. The van der Waals surface area contributed by atoms with Gasteiger partial charge < -0.3 is 9.47 Å². The first-order chi connectivity index (χ1) is 8.93. The van der Waals surface area contributed by atoms with E-state index in [1.54, 1.807) is 0 Å². The molecule has 3 nitrogen and oxygen atoms in total. The highest BCUT2D eigenvalue weighted by molar-refractivity contribution is 4.67. The van der Waals surface area contributed by atoms with Crippen molar-refractivity contribution in [2.45, 2.75) is 70.3 Å². The van der Waals surface area contributed by atoms with E-state index in [9.17, 15) is 0 Å². The Hall–Kier alpha value is -0.590. The van der Waals surface area contributed by atoms with E-state index in [-0.39, 0.29) is 0 Å². The van der Waals surface area contributed by atoms with Crippen molar-refractivity contribution in [2.24, 2.45) is 0 Å². The van der Waals surface area contributed by atoms with Crippen LogP contribution in [0, 0.1) is 11.3 Å². The Morgan fingerprint density at radius 2 is 1.89 bits per heavy atom. The van der Waals surface area contributed by atoms with Crippen molar-refractivity contribution in [2.75, 3.05) is 19.8 Å². The molecule has 0 saturated carbocycles. The summed E-state index contributed by atoms with van der Waals surface area (Å²) in [6.07, 6.45) is 11.8. The molecule has 0 bridgehead atoms. The third-order valence-electron chi connectivity index (χ3n) is 3.42. The molecular formula is C15H27NO2. The predicted octanol–water partition coefficient (Wildman–Crippen LogP) is 3.83. The first-order valence-corrected chi connectivity index (χ1v) is 7.50. The Kier molecular flexibility index (Phi) is 9.88. The predicted molar refractivity (Wildman–Crippen MR) is 72.3 cm³/mol. The van der Waals surface area contributed by atoms with E-state index in [2.05, 4.69) is 6.07 Å². The molecule has 1 aliphatic heterocycles. The summed E-state index contributed by atoms with van der Waals surface area (Å²) in [6.45, 7) is 2.70. The van der Waals surface area contributed by atoms with Crippen LogP contribution in [-0.4, -0.2) is 25.9 Å². The molecule has 1 fully saturated rings. The molecule has 0 aromatic heterocycles. The van der Waals surface area contributed by atoms with Gasteiger partial charge in [0.1, 0.15) is 0 Å². The van der Waals surface area contributed by atoms with E-state index in [1.807, 2.05) is 0 Å². The second kappa shape index (κ2) is 11.5. The Labute approximate surface area is 111 Å². The lowest BCUT2D eigenvalue weighted by Gasteiger charge is -2.22. The van der Waals surface area contributed by atoms with Crippen LogP contribution in [0.25, 0.3) is 0 Å². The van der Waals surface area contributed by atoms with E-state index in [0.29, 0.717) is 12.5 Å². The standard InChI is InChI=1S/C15H27NO2/c16-11-5-2-1-3-6-12-17-13-8-10-15-9-4-7-14-18-15/h15H,1-10,12-14H2. The lowest BCUT2D eigenvalue weighted by molar-refractivity contribution is 0.00452. The number of hydrogen-bond acceptors (Lipinski definition) is 3. The van der Waals surface area contributed by atoms with Crippen LogP contribution < -0.4 is 0 Å². The highest BCUT2D eigenvalue weighted by atomic mass is 16.5. The molecule has 1 atom stereocenters. The smallest absolute Gasteiger partial charge is 0.0621 e. The maximum atomic E-state index is 8.39. The number of rotatable bonds is 10. The third kappa shape index (κ3) is 8.49. The second-order valence-electron chi connectivity index (χ2n) is 5.07. The monoisotopic (exact) mass is 253 g/mol. The summed E-state index contributed by atoms with van der Waals surface area (Å²) in [7, 11) is 0. The zero-order valence-electron chi connectivity index (χ0n) is 11.5. The zero-order valence-corrected chi connectivity index (χ0v) is 11.5. The number of nitrogens with zero attached hydrogens (tertiary/aromatic N) is 1. The van der Waals surface area contributed by atoms with Crippen molar-refractivity contribution in [1.82, 2.24) is 0 Å². The molecule has 0 spiro atoms. The molecule has 1 unspecified atom stereocenters. The maximum Gasteiger partial charge on any atom is 0.0621 e. The van der Waals surface area contributed by atoms with Crippen molar-refractivity contribution < 1.29 is 9.47 Å². The third-order valence-corrected chi connectivity index (χ3v) is 3.42. The summed E-state index contributed by atoms with van der Waals surface area (Å²) in [6, 6.07) is 2.17. The Morgan fingerprint density at radius 1 is 1.06 bits per heavy atom. The van der Waals surface area contributed by atoms with Gasteiger partial charge in [0.15, 0.2) is 0 Å². The minimum absolute atomic E-state index is 0.494. The van der Waals surface area contributed by atoms with Crippen LogP contribution in [0.2, 0.25) is 0 Å². The fourth-order valence-electron chi connectivity index (χ4n) is 2.31. The molecule has 1 aliphatic rings. The van der Waals surface area contributed by atoms with Gasteiger partial charge in [-0.15, -0.1) is 0 Å². The fourth-order valence-corrected chi connectivity index (χ4v) is 2.31. The lowest BCUT2D eigenvalue weighted by Crippen LogP contribution is -2.19. The van der Waals surface area contributed by atoms with E-state index in [0.717, 1.165) is 51.9 Å². The molecule has 1 heterocycles. The summed E-state index contributed by atoms with van der Waals surface area (Å²) < 4.78 is 11.3. The van der Waals surface area contributed by atoms with Gasteiger partial charge in [0, 0.05) is 26.2 Å². The summed E-state index contributed by atoms with van der Waals surface area (Å²) in [5.41, 5.74) is 0. The lowest BCUT2D eigenvalue weighted by atomic mass is 10.1. The topological polar surface area (TPSA) is 42.2 Å². The SMILES string of the molecule is N#CCCCCCCOCCCC1CCCCO1. The maximum absolute atomic E-state index is 8.39. The Bertz CT molecular complexity index is 219. The fraction of sp³-hybridized carbons (Fsp3) is 0.933. The van der Waals surface area contributed by atoms with E-state index in [1.165, 1.54) is 25.7 Å². The molecule has 0 amide bonds. The molecule has 1 saturated heterocycles. The number of ether oxygens (including phenoxy) is 2. The van der Waals surface area contributed by atoms with Gasteiger partial charge in [-0.3, -0.25) is 0 Å². The van der Waals surface area contributed by atoms with Crippen LogP contribution in [0.3, 0.4) is 0 Å². The van der Waals surface area contributed by atoms with Gasteiger partial charge >= 0.3 is 0 Å². The number of nitriles is 1. The number of unbranched alkanes of at least 4 members (excludes halogenated alkanes) is 4. The molecule has 1 rings (SSSR count). The van der Waals surface area contributed by atoms with Crippen LogP contribution in [0.5, 0.6) is 0 Å². The average molecular weight is 253 g/mol. The van der Waals surface area contributed by atoms with Crippen LogP contribution >= 0.6 is 0 Å². The van der Waals surface area contributed by atoms with Crippen molar-refractivity contribution in [3.63, 3.8) is 0 Å². The largest absolute Gasteiger partial charge is 0.381 e. The van der Waals surface area contributed by atoms with E-state index >= 15 is 0 Å². The van der Waals surface area contributed by atoms with Crippen molar-refractivity contribution in [3.05, 3.63) is 0 Å². The molecule has 0 aromatic rings. The minimum atomic E-state index is 0.494. The summed E-state index contributed by atoms with van der Waals surface area (Å²) in [4.78, 5) is 0. The van der Waals surface area contributed by atoms with Gasteiger partial charge in [-0.05, 0) is 44.9 Å². The van der Waals surface area contributed by atoms with E-state index < -0.39 is 0 Å². The second-order valence-corrected chi connectivity index (χ2v) is 5.07. The van der Waals surface area contributed by atoms with Gasteiger partial charge in [-0.25, -0.2) is 0 Å². The van der Waals surface area contributed by atoms with Crippen LogP contribution in [0.4, 0.5) is 0 Å². The van der Waals surface area contributed by atoms with Crippen LogP contribution in [0.1, 0.15) is 64.2 Å². The first-order valence-electron chi connectivity index (χ1n) is 7.50. The molecule has 0 N–H and O–H groups in total.